The zero-order valence-electron chi connectivity index (χ0n) is 15.6. The van der Waals surface area contributed by atoms with Crippen molar-refractivity contribution < 1.29 is 9.90 Å². The molecule has 0 spiro atoms. The maximum absolute atomic E-state index is 11.8. The highest BCUT2D eigenvalue weighted by Gasteiger charge is 2.38. The van der Waals surface area contributed by atoms with Crippen LogP contribution in [0.25, 0.3) is 0 Å². The Bertz CT molecular complexity index is 1000. The number of aromatic nitrogens is 1. The van der Waals surface area contributed by atoms with E-state index in [-0.39, 0.29) is 5.69 Å². The van der Waals surface area contributed by atoms with Gasteiger partial charge in [0.2, 0.25) is 0 Å². The van der Waals surface area contributed by atoms with Gasteiger partial charge in [0.05, 0.1) is 4.75 Å². The number of nitrogens with zero attached hydrogens (tertiary/aromatic N) is 1. The molecule has 0 aliphatic carbocycles. The first-order chi connectivity index (χ1) is 14.2. The molecule has 29 heavy (non-hydrogen) atoms. The summed E-state index contributed by atoms with van der Waals surface area (Å²) in [5.41, 5.74) is 3.28. The largest absolute Gasteiger partial charge is 0.476 e. The number of aromatic carboxylic acids is 1. The summed E-state index contributed by atoms with van der Waals surface area (Å²) in [7, 11) is 0. The predicted molar refractivity (Wildman–Crippen MR) is 116 cm³/mol. The summed E-state index contributed by atoms with van der Waals surface area (Å²) in [6.45, 7) is 0. The maximum Gasteiger partial charge on any atom is 0.355 e. The van der Waals surface area contributed by atoms with Crippen LogP contribution >= 0.6 is 11.8 Å². The summed E-state index contributed by atoms with van der Waals surface area (Å²) in [6, 6.07) is 34.2. The lowest BCUT2D eigenvalue weighted by molar-refractivity contribution is 0.0686. The molecule has 0 radical (unpaired) electrons. The average molecular weight is 397 g/mol. The molecule has 0 saturated carbocycles. The van der Waals surface area contributed by atoms with Crippen LogP contribution in [0, 0.1) is 0 Å². The van der Waals surface area contributed by atoms with Gasteiger partial charge in [0.15, 0.2) is 5.69 Å². The molecule has 0 atom stereocenters. The van der Waals surface area contributed by atoms with Crippen molar-refractivity contribution in [1.82, 2.24) is 4.98 Å². The fourth-order valence-corrected chi connectivity index (χ4v) is 4.97. The van der Waals surface area contributed by atoms with Gasteiger partial charge in [-0.1, -0.05) is 91.0 Å². The van der Waals surface area contributed by atoms with Crippen LogP contribution in [-0.4, -0.2) is 16.1 Å². The normalized spacial score (nSPS) is 11.2. The molecule has 4 aromatic rings. The fourth-order valence-electron chi connectivity index (χ4n) is 3.49. The van der Waals surface area contributed by atoms with Crippen molar-refractivity contribution in [3.8, 4) is 0 Å². The number of thioether (sulfide) groups is 1. The summed E-state index contributed by atoms with van der Waals surface area (Å²) in [4.78, 5) is 16.6. The Morgan fingerprint density at radius 2 is 1.14 bits per heavy atom. The van der Waals surface area contributed by atoms with E-state index in [0.29, 0.717) is 4.90 Å². The summed E-state index contributed by atoms with van der Waals surface area (Å²) in [5, 5.41) is 9.70. The monoisotopic (exact) mass is 397 g/mol. The molecule has 3 nitrogen and oxygen atoms in total. The van der Waals surface area contributed by atoms with Crippen molar-refractivity contribution in [3.63, 3.8) is 0 Å². The molecule has 0 bridgehead atoms. The standard InChI is InChI=1S/C25H19NO2S/c27-24(28)23-22(17-10-18-26-23)29-25(19-11-4-1-5-12-19,20-13-6-2-7-14-20)21-15-8-3-9-16-21/h1-18H,(H,27,28). The van der Waals surface area contributed by atoms with Crippen molar-refractivity contribution >= 4 is 17.7 Å². The lowest BCUT2D eigenvalue weighted by Crippen LogP contribution is -2.26. The Hall–Kier alpha value is -3.37. The lowest BCUT2D eigenvalue weighted by atomic mass is 9.84. The topological polar surface area (TPSA) is 50.2 Å². The third kappa shape index (κ3) is 3.67. The molecular weight excluding hydrogens is 378 g/mol. The molecule has 142 valence electrons. The molecule has 0 amide bonds. The second kappa shape index (κ2) is 8.33. The minimum absolute atomic E-state index is 0.0599. The van der Waals surface area contributed by atoms with Gasteiger partial charge in [0.25, 0.3) is 0 Å². The van der Waals surface area contributed by atoms with Gasteiger partial charge in [-0.25, -0.2) is 9.78 Å². The van der Waals surface area contributed by atoms with Crippen LogP contribution in [0.1, 0.15) is 27.2 Å². The average Bonchev–Trinajstić information content (AvgIpc) is 2.79. The van der Waals surface area contributed by atoms with Gasteiger partial charge in [-0.2, -0.15) is 0 Å². The molecule has 0 saturated heterocycles. The van der Waals surface area contributed by atoms with E-state index in [1.54, 1.807) is 6.07 Å². The summed E-state index contributed by atoms with van der Waals surface area (Å²) in [6.07, 6.45) is 1.52. The van der Waals surface area contributed by atoms with Crippen molar-refractivity contribution in [1.29, 1.82) is 0 Å². The van der Waals surface area contributed by atoms with Crippen molar-refractivity contribution in [2.24, 2.45) is 0 Å². The second-order valence-electron chi connectivity index (χ2n) is 6.54. The highest BCUT2D eigenvalue weighted by atomic mass is 32.2. The molecule has 0 fully saturated rings. The van der Waals surface area contributed by atoms with Crippen LogP contribution < -0.4 is 0 Å². The Labute approximate surface area is 174 Å². The number of benzene rings is 3. The number of hydrogen-bond donors (Lipinski definition) is 1. The summed E-state index contributed by atoms with van der Waals surface area (Å²) >= 11 is 1.51. The Morgan fingerprint density at radius 3 is 1.55 bits per heavy atom. The van der Waals surface area contributed by atoms with Gasteiger partial charge in [-0.15, -0.1) is 11.8 Å². The SMILES string of the molecule is O=C(O)c1ncccc1SC(c1ccccc1)(c1ccccc1)c1ccccc1. The molecule has 1 N–H and O–H groups in total. The first-order valence-corrected chi connectivity index (χ1v) is 10.1. The minimum Gasteiger partial charge on any atom is -0.476 e. The zero-order chi connectivity index (χ0) is 20.1. The van der Waals surface area contributed by atoms with Crippen LogP contribution in [0.3, 0.4) is 0 Å². The van der Waals surface area contributed by atoms with E-state index < -0.39 is 10.7 Å². The van der Waals surface area contributed by atoms with Gasteiger partial charge in [-0.3, -0.25) is 0 Å². The van der Waals surface area contributed by atoms with Gasteiger partial charge >= 0.3 is 5.97 Å². The summed E-state index contributed by atoms with van der Waals surface area (Å²) < 4.78 is -0.628. The minimum atomic E-state index is -1.03. The van der Waals surface area contributed by atoms with Crippen LogP contribution in [-0.2, 0) is 4.75 Å². The smallest absolute Gasteiger partial charge is 0.355 e. The zero-order valence-corrected chi connectivity index (χ0v) is 16.4. The number of rotatable bonds is 6. The third-order valence-electron chi connectivity index (χ3n) is 4.78. The molecular formula is C25H19NO2S. The quantitative estimate of drug-likeness (QED) is 0.327. The molecule has 0 aliphatic heterocycles. The molecule has 0 unspecified atom stereocenters. The molecule has 1 aromatic heterocycles. The highest BCUT2D eigenvalue weighted by molar-refractivity contribution is 8.00. The number of pyridine rings is 1. The lowest BCUT2D eigenvalue weighted by Gasteiger charge is -2.35. The van der Waals surface area contributed by atoms with Gasteiger partial charge < -0.3 is 5.11 Å². The number of carboxylic acid groups (broad SMARTS) is 1. The van der Waals surface area contributed by atoms with Crippen molar-refractivity contribution in [3.05, 3.63) is 132 Å². The third-order valence-corrected chi connectivity index (χ3v) is 6.34. The van der Waals surface area contributed by atoms with E-state index >= 15 is 0 Å². The predicted octanol–water partition coefficient (Wildman–Crippen LogP) is 5.86. The van der Waals surface area contributed by atoms with E-state index in [1.807, 2.05) is 60.7 Å². The van der Waals surface area contributed by atoms with E-state index in [4.69, 9.17) is 0 Å². The van der Waals surface area contributed by atoms with Crippen LogP contribution in [0.15, 0.2) is 114 Å². The van der Waals surface area contributed by atoms with Gasteiger partial charge in [0, 0.05) is 11.1 Å². The van der Waals surface area contributed by atoms with Crippen molar-refractivity contribution in [2.75, 3.05) is 0 Å². The summed E-state index contributed by atoms with van der Waals surface area (Å²) in [5.74, 6) is -1.03. The van der Waals surface area contributed by atoms with Crippen LogP contribution in [0.5, 0.6) is 0 Å². The van der Waals surface area contributed by atoms with Crippen LogP contribution in [0.2, 0.25) is 0 Å². The van der Waals surface area contributed by atoms with Crippen molar-refractivity contribution in [2.45, 2.75) is 9.64 Å². The molecule has 4 heteroatoms. The Morgan fingerprint density at radius 1 is 0.690 bits per heavy atom. The second-order valence-corrected chi connectivity index (χ2v) is 7.79. The Balaban J connectivity index is 2.03. The molecule has 3 aromatic carbocycles. The number of carboxylic acids is 1. The van der Waals surface area contributed by atoms with E-state index in [0.717, 1.165) is 16.7 Å². The van der Waals surface area contributed by atoms with Crippen LogP contribution in [0.4, 0.5) is 0 Å². The highest BCUT2D eigenvalue weighted by Crippen LogP contribution is 2.51. The number of hydrogen-bond acceptors (Lipinski definition) is 3. The Kier molecular flexibility index (Phi) is 5.45. The maximum atomic E-state index is 11.8. The van der Waals surface area contributed by atoms with Gasteiger partial charge in [-0.05, 0) is 28.8 Å². The molecule has 0 aliphatic rings. The fraction of sp³-hybridized carbons (Fsp3) is 0.0400. The van der Waals surface area contributed by atoms with E-state index in [2.05, 4.69) is 41.4 Å². The number of carbonyl (C=O) groups is 1. The first-order valence-electron chi connectivity index (χ1n) is 9.26. The first kappa shape index (κ1) is 19.0. The van der Waals surface area contributed by atoms with E-state index in [1.165, 1.54) is 18.0 Å². The van der Waals surface area contributed by atoms with Gasteiger partial charge in [0.1, 0.15) is 0 Å². The van der Waals surface area contributed by atoms with E-state index in [9.17, 15) is 9.90 Å². The molecule has 1 heterocycles. The molecule has 4 rings (SSSR count).